The van der Waals surface area contributed by atoms with Crippen molar-refractivity contribution in [2.24, 2.45) is 11.7 Å². The van der Waals surface area contributed by atoms with Crippen molar-refractivity contribution in [3.63, 3.8) is 0 Å². The van der Waals surface area contributed by atoms with Crippen molar-refractivity contribution in [3.05, 3.63) is 34.9 Å². The molecule has 0 bridgehead atoms. The van der Waals surface area contributed by atoms with Crippen molar-refractivity contribution in [1.29, 1.82) is 0 Å². The lowest BCUT2D eigenvalue weighted by Gasteiger charge is -2.34. The van der Waals surface area contributed by atoms with Crippen LogP contribution in [-0.4, -0.2) is 12.1 Å². The van der Waals surface area contributed by atoms with E-state index in [1.165, 1.54) is 24.8 Å². The van der Waals surface area contributed by atoms with Gasteiger partial charge in [-0.25, -0.2) is 0 Å². The molecule has 0 radical (unpaired) electrons. The van der Waals surface area contributed by atoms with E-state index in [-0.39, 0.29) is 17.9 Å². The second kappa shape index (κ2) is 6.74. The van der Waals surface area contributed by atoms with Gasteiger partial charge in [0.05, 0.1) is 0 Å². The molecule has 0 spiro atoms. The first-order valence-electron chi connectivity index (χ1n) is 7.11. The molecule has 0 aromatic heterocycles. The molecule has 2 rings (SSSR count). The first kappa shape index (κ1) is 16.5. The molecule has 0 heterocycles. The molecule has 1 aromatic carbocycles. The molecular weight excluding hydrogens is 256 g/mol. The van der Waals surface area contributed by atoms with Crippen molar-refractivity contribution < 1.29 is 0 Å². The molecule has 3 N–H and O–H groups in total. The van der Waals surface area contributed by atoms with Gasteiger partial charge < -0.3 is 11.1 Å². The van der Waals surface area contributed by atoms with Crippen molar-refractivity contribution in [2.45, 2.75) is 52.1 Å². The number of rotatable bonds is 5. The van der Waals surface area contributed by atoms with Crippen LogP contribution in [0.25, 0.3) is 0 Å². The van der Waals surface area contributed by atoms with Crippen molar-refractivity contribution >= 4 is 12.4 Å². The Hall–Kier alpha value is -0.570. The smallest absolute Gasteiger partial charge is 0.0301 e. The van der Waals surface area contributed by atoms with E-state index in [2.05, 4.69) is 44.3 Å². The largest absolute Gasteiger partial charge is 0.329 e. The Morgan fingerprint density at radius 2 is 1.95 bits per heavy atom. The van der Waals surface area contributed by atoms with Gasteiger partial charge in [0.15, 0.2) is 0 Å². The maximum absolute atomic E-state index is 5.90. The number of hydrogen-bond donors (Lipinski definition) is 2. The Bertz CT molecular complexity index is 417. The van der Waals surface area contributed by atoms with Crippen molar-refractivity contribution in [2.75, 3.05) is 6.54 Å². The zero-order valence-corrected chi connectivity index (χ0v) is 13.1. The van der Waals surface area contributed by atoms with E-state index >= 15 is 0 Å². The van der Waals surface area contributed by atoms with Crippen LogP contribution in [0.1, 0.15) is 43.9 Å². The highest BCUT2D eigenvalue weighted by Crippen LogP contribution is 2.23. The lowest BCUT2D eigenvalue weighted by molar-refractivity contribution is 0.267. The van der Waals surface area contributed by atoms with Crippen LogP contribution >= 0.6 is 12.4 Å². The predicted octanol–water partition coefficient (Wildman–Crippen LogP) is 3.06. The summed E-state index contributed by atoms with van der Waals surface area (Å²) in [4.78, 5) is 0. The number of fused-ring (bicyclic) bond motifs is 1. The molecule has 19 heavy (non-hydrogen) atoms. The molecule has 0 amide bonds. The zero-order chi connectivity index (χ0) is 13.2. The van der Waals surface area contributed by atoms with Gasteiger partial charge in [0, 0.05) is 18.6 Å². The van der Waals surface area contributed by atoms with Gasteiger partial charge in [-0.15, -0.1) is 12.4 Å². The van der Waals surface area contributed by atoms with Crippen LogP contribution in [0.4, 0.5) is 0 Å². The van der Waals surface area contributed by atoms with Crippen LogP contribution in [0.15, 0.2) is 18.2 Å². The molecule has 1 unspecified atom stereocenters. The van der Waals surface area contributed by atoms with Crippen LogP contribution in [-0.2, 0) is 19.4 Å². The van der Waals surface area contributed by atoms with E-state index in [1.807, 2.05) is 0 Å². The number of halogens is 1. The van der Waals surface area contributed by atoms with Gasteiger partial charge >= 0.3 is 0 Å². The third kappa shape index (κ3) is 3.71. The minimum absolute atomic E-state index is 0. The highest BCUT2D eigenvalue weighted by atomic mass is 35.5. The van der Waals surface area contributed by atoms with E-state index in [9.17, 15) is 0 Å². The number of hydrogen-bond acceptors (Lipinski definition) is 2. The monoisotopic (exact) mass is 282 g/mol. The number of benzene rings is 1. The SMILES string of the molecule is CC(C)C(C)(CN)NCc1ccc2c(c1)CCC2.Cl. The second-order valence-corrected chi connectivity index (χ2v) is 6.09. The molecule has 3 heteroatoms. The Balaban J connectivity index is 0.00000180. The topological polar surface area (TPSA) is 38.0 Å². The zero-order valence-electron chi connectivity index (χ0n) is 12.3. The van der Waals surface area contributed by atoms with Crippen LogP contribution < -0.4 is 11.1 Å². The molecule has 1 aliphatic rings. The Kier molecular flexibility index (Phi) is 5.84. The second-order valence-electron chi connectivity index (χ2n) is 6.09. The van der Waals surface area contributed by atoms with Gasteiger partial charge in [0.25, 0.3) is 0 Å². The highest BCUT2D eigenvalue weighted by Gasteiger charge is 2.25. The van der Waals surface area contributed by atoms with E-state index in [0.717, 1.165) is 6.54 Å². The third-order valence-corrected chi connectivity index (χ3v) is 4.56. The van der Waals surface area contributed by atoms with Gasteiger partial charge in [0.1, 0.15) is 0 Å². The van der Waals surface area contributed by atoms with Crippen LogP contribution in [0, 0.1) is 5.92 Å². The highest BCUT2D eigenvalue weighted by molar-refractivity contribution is 5.85. The molecule has 1 aliphatic carbocycles. The molecule has 0 aliphatic heterocycles. The van der Waals surface area contributed by atoms with Gasteiger partial charge in [-0.2, -0.15) is 0 Å². The predicted molar refractivity (Wildman–Crippen MR) is 84.9 cm³/mol. The van der Waals surface area contributed by atoms with Crippen LogP contribution in [0.2, 0.25) is 0 Å². The summed E-state index contributed by atoms with van der Waals surface area (Å²) in [7, 11) is 0. The molecular formula is C16H27ClN2. The first-order valence-corrected chi connectivity index (χ1v) is 7.11. The lowest BCUT2D eigenvalue weighted by atomic mass is 9.88. The van der Waals surface area contributed by atoms with E-state index in [0.29, 0.717) is 12.5 Å². The van der Waals surface area contributed by atoms with Crippen LogP contribution in [0.3, 0.4) is 0 Å². The summed E-state index contributed by atoms with van der Waals surface area (Å²) in [5.41, 5.74) is 10.4. The summed E-state index contributed by atoms with van der Waals surface area (Å²) in [5, 5.41) is 3.63. The normalized spacial score (nSPS) is 16.9. The molecule has 0 saturated carbocycles. The number of nitrogens with one attached hydrogen (secondary N) is 1. The summed E-state index contributed by atoms with van der Waals surface area (Å²) in [6, 6.07) is 6.93. The maximum atomic E-state index is 5.90. The fourth-order valence-electron chi connectivity index (χ4n) is 2.55. The summed E-state index contributed by atoms with van der Waals surface area (Å²) in [6.45, 7) is 8.25. The summed E-state index contributed by atoms with van der Waals surface area (Å²) < 4.78 is 0. The molecule has 1 aromatic rings. The maximum Gasteiger partial charge on any atom is 0.0301 e. The molecule has 0 fully saturated rings. The van der Waals surface area contributed by atoms with Gasteiger partial charge in [-0.1, -0.05) is 32.0 Å². The third-order valence-electron chi connectivity index (χ3n) is 4.56. The minimum Gasteiger partial charge on any atom is -0.329 e. The molecule has 1 atom stereocenters. The molecule has 108 valence electrons. The van der Waals surface area contributed by atoms with E-state index in [1.54, 1.807) is 11.1 Å². The Morgan fingerprint density at radius 1 is 1.26 bits per heavy atom. The fraction of sp³-hybridized carbons (Fsp3) is 0.625. The first-order chi connectivity index (χ1) is 8.55. The molecule has 0 saturated heterocycles. The average Bonchev–Trinajstić information content (AvgIpc) is 2.82. The average molecular weight is 283 g/mol. The van der Waals surface area contributed by atoms with Gasteiger partial charge in [-0.05, 0) is 48.8 Å². The summed E-state index contributed by atoms with van der Waals surface area (Å²) in [5.74, 6) is 0.539. The minimum atomic E-state index is 0. The van der Waals surface area contributed by atoms with Crippen LogP contribution in [0.5, 0.6) is 0 Å². The fourth-order valence-corrected chi connectivity index (χ4v) is 2.55. The van der Waals surface area contributed by atoms with Crippen molar-refractivity contribution in [1.82, 2.24) is 5.32 Å². The number of nitrogens with two attached hydrogens (primary N) is 1. The Morgan fingerprint density at radius 3 is 2.58 bits per heavy atom. The van der Waals surface area contributed by atoms with Gasteiger partial charge in [-0.3, -0.25) is 0 Å². The Labute approximate surface area is 123 Å². The lowest BCUT2D eigenvalue weighted by Crippen LogP contribution is -2.52. The van der Waals surface area contributed by atoms with E-state index < -0.39 is 0 Å². The molecule has 2 nitrogen and oxygen atoms in total. The van der Waals surface area contributed by atoms with Gasteiger partial charge in [0.2, 0.25) is 0 Å². The number of aryl methyl sites for hydroxylation is 2. The van der Waals surface area contributed by atoms with Crippen molar-refractivity contribution in [3.8, 4) is 0 Å². The summed E-state index contributed by atoms with van der Waals surface area (Å²) >= 11 is 0. The van der Waals surface area contributed by atoms with E-state index in [4.69, 9.17) is 5.73 Å². The summed E-state index contributed by atoms with van der Waals surface area (Å²) in [6.07, 6.45) is 3.83. The standard InChI is InChI=1S/C16H26N2.ClH/c1-12(2)16(3,11-17)18-10-13-7-8-14-5-4-6-15(14)9-13;/h7-9,12,18H,4-6,10-11,17H2,1-3H3;1H. The quantitative estimate of drug-likeness (QED) is 0.871.